The lowest BCUT2D eigenvalue weighted by Crippen LogP contribution is -2.10. The van der Waals surface area contributed by atoms with Crippen LogP contribution in [-0.4, -0.2) is 9.85 Å². The summed E-state index contributed by atoms with van der Waals surface area (Å²) in [6.07, 6.45) is 0. The molecule has 8 nitrogen and oxygen atoms in total. The van der Waals surface area contributed by atoms with Crippen LogP contribution in [0.25, 0.3) is 11.1 Å². The number of nitro groups is 2. The lowest BCUT2D eigenvalue weighted by molar-refractivity contribution is -0.385. The Labute approximate surface area is 254 Å². The van der Waals surface area contributed by atoms with Crippen LogP contribution in [0.5, 0.6) is 0 Å². The Morgan fingerprint density at radius 1 is 0.341 bits per heavy atom. The van der Waals surface area contributed by atoms with Crippen LogP contribution in [0.2, 0.25) is 0 Å². The topological polar surface area (TPSA) is 92.8 Å². The zero-order valence-corrected chi connectivity index (χ0v) is 23.4. The molecule has 0 atom stereocenters. The highest BCUT2D eigenvalue weighted by atomic mass is 16.6. The summed E-state index contributed by atoms with van der Waals surface area (Å²) in [6, 6.07) is 49.2. The molecule has 0 aliphatic heterocycles. The number of nitrogens with zero attached hydrogens (tertiary/aromatic N) is 4. The highest BCUT2D eigenvalue weighted by Gasteiger charge is 2.17. The highest BCUT2D eigenvalue weighted by Crippen LogP contribution is 2.38. The molecule has 0 saturated carbocycles. The lowest BCUT2D eigenvalue weighted by atomic mass is 10.0. The van der Waals surface area contributed by atoms with E-state index in [0.717, 1.165) is 33.9 Å². The minimum Gasteiger partial charge on any atom is -0.311 e. The zero-order chi connectivity index (χ0) is 30.5. The van der Waals surface area contributed by atoms with E-state index in [1.807, 2.05) is 65.6 Å². The van der Waals surface area contributed by atoms with E-state index in [0.29, 0.717) is 11.4 Å². The molecule has 44 heavy (non-hydrogen) atoms. The molecular weight excluding hydrogens is 552 g/mol. The SMILES string of the molecule is O=[N+]([O-])c1ccc(N(c2ccc(-c3ccc(N(c4ccccc4)c4ccccc4)cc3)cc2)c2ccc([N+](=O)[O-])cc2)cc1. The molecule has 0 fully saturated rings. The first-order valence-corrected chi connectivity index (χ1v) is 13.9. The van der Waals surface area contributed by atoms with Gasteiger partial charge in [-0.2, -0.15) is 0 Å². The van der Waals surface area contributed by atoms with Gasteiger partial charge in [-0.15, -0.1) is 0 Å². The summed E-state index contributed by atoms with van der Waals surface area (Å²) in [7, 11) is 0. The summed E-state index contributed by atoms with van der Waals surface area (Å²) in [4.78, 5) is 25.7. The first-order chi connectivity index (χ1) is 21.5. The van der Waals surface area contributed by atoms with Gasteiger partial charge in [0.15, 0.2) is 0 Å². The second-order valence-electron chi connectivity index (χ2n) is 9.98. The Kier molecular flexibility index (Phi) is 7.79. The average Bonchev–Trinajstić information content (AvgIpc) is 3.07. The van der Waals surface area contributed by atoms with Gasteiger partial charge in [0.25, 0.3) is 11.4 Å². The standard InChI is InChI=1S/C36H26N4O4/c41-39(42)35-23-19-33(20-24-35)38(34-21-25-36(26-22-34)40(43)44)32-17-13-28(14-18-32)27-11-15-31(16-12-27)37(29-7-3-1-4-8-29)30-9-5-2-6-10-30/h1-26H. The van der Waals surface area contributed by atoms with E-state index >= 15 is 0 Å². The van der Waals surface area contributed by atoms with Crippen molar-refractivity contribution in [2.45, 2.75) is 0 Å². The van der Waals surface area contributed by atoms with Gasteiger partial charge < -0.3 is 9.80 Å². The summed E-state index contributed by atoms with van der Waals surface area (Å²) < 4.78 is 0. The van der Waals surface area contributed by atoms with Crippen molar-refractivity contribution in [3.8, 4) is 11.1 Å². The Bertz CT molecular complexity index is 1780. The quantitative estimate of drug-likeness (QED) is 0.125. The number of anilines is 6. The van der Waals surface area contributed by atoms with Crippen molar-refractivity contribution in [1.82, 2.24) is 0 Å². The molecule has 8 heteroatoms. The Morgan fingerprint density at radius 3 is 0.864 bits per heavy atom. The van der Waals surface area contributed by atoms with Gasteiger partial charge in [0.2, 0.25) is 0 Å². The van der Waals surface area contributed by atoms with Crippen LogP contribution in [0.15, 0.2) is 158 Å². The zero-order valence-electron chi connectivity index (χ0n) is 23.4. The molecular formula is C36H26N4O4. The van der Waals surface area contributed by atoms with E-state index in [1.165, 1.54) is 24.3 Å². The number of benzene rings is 6. The molecule has 0 aliphatic carbocycles. The molecule has 0 bridgehead atoms. The molecule has 0 saturated heterocycles. The minimum atomic E-state index is -0.445. The molecule has 214 valence electrons. The molecule has 6 aromatic carbocycles. The maximum Gasteiger partial charge on any atom is 0.269 e. The van der Waals surface area contributed by atoms with Gasteiger partial charge in [-0.05, 0) is 83.9 Å². The Morgan fingerprint density at radius 2 is 0.591 bits per heavy atom. The first kappa shape index (κ1) is 27.9. The van der Waals surface area contributed by atoms with Crippen LogP contribution in [0, 0.1) is 20.2 Å². The van der Waals surface area contributed by atoms with Crippen molar-refractivity contribution in [2.75, 3.05) is 9.80 Å². The third-order valence-electron chi connectivity index (χ3n) is 7.25. The van der Waals surface area contributed by atoms with E-state index in [2.05, 4.69) is 53.4 Å². The summed E-state index contributed by atoms with van der Waals surface area (Å²) >= 11 is 0. The second-order valence-corrected chi connectivity index (χ2v) is 9.98. The molecule has 0 N–H and O–H groups in total. The number of nitro benzene ring substituents is 2. The number of hydrogen-bond acceptors (Lipinski definition) is 6. The molecule has 0 aromatic heterocycles. The lowest BCUT2D eigenvalue weighted by Gasteiger charge is -2.26. The van der Waals surface area contributed by atoms with Gasteiger partial charge in [0.05, 0.1) is 9.85 Å². The van der Waals surface area contributed by atoms with E-state index < -0.39 is 9.85 Å². The highest BCUT2D eigenvalue weighted by molar-refractivity contribution is 5.81. The Hall–Kier alpha value is -6.28. The molecule has 0 aliphatic rings. The smallest absolute Gasteiger partial charge is 0.269 e. The molecule has 0 heterocycles. The van der Waals surface area contributed by atoms with Gasteiger partial charge >= 0.3 is 0 Å². The van der Waals surface area contributed by atoms with Crippen molar-refractivity contribution in [3.05, 3.63) is 178 Å². The minimum absolute atomic E-state index is 0.0192. The van der Waals surface area contributed by atoms with Crippen molar-refractivity contribution in [2.24, 2.45) is 0 Å². The number of non-ortho nitro benzene ring substituents is 2. The molecule has 0 unspecified atom stereocenters. The van der Waals surface area contributed by atoms with E-state index in [9.17, 15) is 20.2 Å². The van der Waals surface area contributed by atoms with Crippen LogP contribution in [0.1, 0.15) is 0 Å². The average molecular weight is 579 g/mol. The van der Waals surface area contributed by atoms with E-state index in [-0.39, 0.29) is 11.4 Å². The van der Waals surface area contributed by atoms with Crippen LogP contribution < -0.4 is 9.80 Å². The summed E-state index contributed by atoms with van der Waals surface area (Å²) in [5, 5.41) is 22.4. The fourth-order valence-corrected chi connectivity index (χ4v) is 5.10. The van der Waals surface area contributed by atoms with Crippen LogP contribution >= 0.6 is 0 Å². The Balaban J connectivity index is 1.32. The number of rotatable bonds is 9. The maximum absolute atomic E-state index is 11.2. The van der Waals surface area contributed by atoms with Crippen LogP contribution in [0.4, 0.5) is 45.5 Å². The third-order valence-corrected chi connectivity index (χ3v) is 7.25. The van der Waals surface area contributed by atoms with Gasteiger partial charge in [-0.25, -0.2) is 0 Å². The molecule has 0 radical (unpaired) electrons. The first-order valence-electron chi connectivity index (χ1n) is 13.9. The molecule has 0 amide bonds. The van der Waals surface area contributed by atoms with Gasteiger partial charge in [-0.1, -0.05) is 60.7 Å². The monoisotopic (exact) mass is 578 g/mol. The summed E-state index contributed by atoms with van der Waals surface area (Å²) in [6.45, 7) is 0. The van der Waals surface area contributed by atoms with Gasteiger partial charge in [-0.3, -0.25) is 20.2 Å². The molecule has 6 rings (SSSR count). The van der Waals surface area contributed by atoms with E-state index in [1.54, 1.807) is 24.3 Å². The second kappa shape index (κ2) is 12.3. The van der Waals surface area contributed by atoms with Crippen molar-refractivity contribution >= 4 is 45.5 Å². The van der Waals surface area contributed by atoms with Crippen molar-refractivity contribution in [3.63, 3.8) is 0 Å². The van der Waals surface area contributed by atoms with Crippen LogP contribution in [0.3, 0.4) is 0 Å². The van der Waals surface area contributed by atoms with Crippen molar-refractivity contribution in [1.29, 1.82) is 0 Å². The van der Waals surface area contributed by atoms with Crippen molar-refractivity contribution < 1.29 is 9.85 Å². The van der Waals surface area contributed by atoms with Gasteiger partial charge in [0.1, 0.15) is 0 Å². The fraction of sp³-hybridized carbons (Fsp3) is 0. The molecule has 0 spiro atoms. The maximum atomic E-state index is 11.2. The van der Waals surface area contributed by atoms with E-state index in [4.69, 9.17) is 0 Å². The van der Waals surface area contributed by atoms with Crippen LogP contribution in [-0.2, 0) is 0 Å². The summed E-state index contributed by atoms with van der Waals surface area (Å²) in [5.41, 5.74) is 7.34. The third kappa shape index (κ3) is 5.86. The molecule has 6 aromatic rings. The van der Waals surface area contributed by atoms with Gasteiger partial charge in [0, 0.05) is 58.4 Å². The fourth-order valence-electron chi connectivity index (χ4n) is 5.10. The largest absolute Gasteiger partial charge is 0.311 e. The normalized spacial score (nSPS) is 10.6. The summed E-state index contributed by atoms with van der Waals surface area (Å²) in [5.74, 6) is 0. The predicted octanol–water partition coefficient (Wildman–Crippen LogP) is 10.1. The number of hydrogen-bond donors (Lipinski definition) is 0. The number of para-hydroxylation sites is 2. The predicted molar refractivity (Wildman–Crippen MR) is 175 cm³/mol.